The molecular formula is C14H18FNO. The third-order valence-electron chi connectivity index (χ3n) is 2.90. The summed E-state index contributed by atoms with van der Waals surface area (Å²) in [6.07, 6.45) is 7.31. The van der Waals surface area contributed by atoms with Gasteiger partial charge in [0.1, 0.15) is 6.10 Å². The molecule has 0 bridgehead atoms. The fourth-order valence-electron chi connectivity index (χ4n) is 2.05. The lowest BCUT2D eigenvalue weighted by molar-refractivity contribution is 0.217. The highest BCUT2D eigenvalue weighted by molar-refractivity contribution is 5.35. The van der Waals surface area contributed by atoms with Crippen molar-refractivity contribution in [1.82, 2.24) is 5.32 Å². The Morgan fingerprint density at radius 1 is 1.47 bits per heavy atom. The minimum absolute atomic E-state index is 0.0104. The van der Waals surface area contributed by atoms with Crippen LogP contribution in [0.3, 0.4) is 0 Å². The van der Waals surface area contributed by atoms with Crippen LogP contribution in [0.4, 0.5) is 4.39 Å². The van der Waals surface area contributed by atoms with Crippen LogP contribution in [0.1, 0.15) is 24.8 Å². The number of halogens is 1. The molecule has 2 nitrogen and oxygen atoms in total. The third-order valence-corrected chi connectivity index (χ3v) is 2.90. The first-order chi connectivity index (χ1) is 8.31. The smallest absolute Gasteiger partial charge is 0.165 e. The second-order valence-corrected chi connectivity index (χ2v) is 4.27. The van der Waals surface area contributed by atoms with Gasteiger partial charge in [-0.15, -0.1) is 0 Å². The Balaban J connectivity index is 2.17. The minimum atomic E-state index is -0.281. The highest BCUT2D eigenvalue weighted by Crippen LogP contribution is 2.26. The Morgan fingerprint density at radius 2 is 2.35 bits per heavy atom. The lowest BCUT2D eigenvalue weighted by atomic mass is 10.1. The second-order valence-electron chi connectivity index (χ2n) is 4.27. The van der Waals surface area contributed by atoms with Gasteiger partial charge in [-0.05, 0) is 38.5 Å². The van der Waals surface area contributed by atoms with E-state index in [4.69, 9.17) is 4.74 Å². The van der Waals surface area contributed by atoms with E-state index in [0.29, 0.717) is 12.3 Å². The van der Waals surface area contributed by atoms with Gasteiger partial charge < -0.3 is 10.1 Å². The van der Waals surface area contributed by atoms with E-state index in [1.165, 1.54) is 6.07 Å². The molecular weight excluding hydrogens is 217 g/mol. The molecule has 1 aliphatic rings. The van der Waals surface area contributed by atoms with Gasteiger partial charge in [0, 0.05) is 12.1 Å². The first kappa shape index (κ1) is 12.1. The standard InChI is InChI=1S/C14H18FNO/c1-16-10-11-6-5-9-13(15)14(11)17-12-7-3-2-4-8-12/h3,5-7,9,12,16H,2,4,8,10H2,1H3. The molecule has 0 aromatic heterocycles. The highest BCUT2D eigenvalue weighted by Gasteiger charge is 2.15. The molecule has 0 saturated carbocycles. The monoisotopic (exact) mass is 235 g/mol. The van der Waals surface area contributed by atoms with Crippen molar-refractivity contribution in [3.05, 3.63) is 41.7 Å². The summed E-state index contributed by atoms with van der Waals surface area (Å²) in [6, 6.07) is 5.05. The third kappa shape index (κ3) is 3.07. The zero-order valence-corrected chi connectivity index (χ0v) is 10.1. The SMILES string of the molecule is CNCc1cccc(F)c1OC1C=CCCC1. The molecule has 0 amide bonds. The molecule has 0 spiro atoms. The quantitative estimate of drug-likeness (QED) is 0.810. The van der Waals surface area contributed by atoms with E-state index in [1.807, 2.05) is 19.2 Å². The summed E-state index contributed by atoms with van der Waals surface area (Å²) in [6.45, 7) is 0.615. The molecule has 1 unspecified atom stereocenters. The van der Waals surface area contributed by atoms with E-state index in [1.54, 1.807) is 6.07 Å². The number of hydrogen-bond acceptors (Lipinski definition) is 2. The summed E-state index contributed by atoms with van der Waals surface area (Å²) in [5.41, 5.74) is 0.867. The molecule has 1 N–H and O–H groups in total. The molecule has 1 aliphatic carbocycles. The summed E-state index contributed by atoms with van der Waals surface area (Å²) in [4.78, 5) is 0. The van der Waals surface area contributed by atoms with Crippen LogP contribution in [0.2, 0.25) is 0 Å². The van der Waals surface area contributed by atoms with Crippen molar-refractivity contribution in [2.24, 2.45) is 0 Å². The van der Waals surface area contributed by atoms with E-state index in [9.17, 15) is 4.39 Å². The fourth-order valence-corrected chi connectivity index (χ4v) is 2.05. The van der Waals surface area contributed by atoms with Crippen LogP contribution in [0.5, 0.6) is 5.75 Å². The van der Waals surface area contributed by atoms with Crippen LogP contribution >= 0.6 is 0 Å². The summed E-state index contributed by atoms with van der Waals surface area (Å²) in [7, 11) is 1.84. The number of benzene rings is 1. The first-order valence-electron chi connectivity index (χ1n) is 6.06. The average Bonchev–Trinajstić information content (AvgIpc) is 2.35. The molecule has 92 valence electrons. The Kier molecular flexibility index (Phi) is 4.15. The zero-order chi connectivity index (χ0) is 12.1. The number of para-hydroxylation sites is 1. The van der Waals surface area contributed by atoms with Crippen molar-refractivity contribution in [2.75, 3.05) is 7.05 Å². The van der Waals surface area contributed by atoms with E-state index >= 15 is 0 Å². The van der Waals surface area contributed by atoms with Gasteiger partial charge in [-0.2, -0.15) is 0 Å². The lowest BCUT2D eigenvalue weighted by Crippen LogP contribution is -2.18. The predicted octanol–water partition coefficient (Wildman–Crippen LogP) is 3.03. The maximum Gasteiger partial charge on any atom is 0.165 e. The van der Waals surface area contributed by atoms with Gasteiger partial charge in [-0.25, -0.2) is 4.39 Å². The number of hydrogen-bond donors (Lipinski definition) is 1. The van der Waals surface area contributed by atoms with E-state index < -0.39 is 0 Å². The second kappa shape index (κ2) is 5.82. The van der Waals surface area contributed by atoms with Gasteiger partial charge in [0.15, 0.2) is 11.6 Å². The highest BCUT2D eigenvalue weighted by atomic mass is 19.1. The van der Waals surface area contributed by atoms with Gasteiger partial charge in [0.25, 0.3) is 0 Å². The summed E-state index contributed by atoms with van der Waals surface area (Å²) < 4.78 is 19.5. The Labute approximate surface area is 101 Å². The molecule has 0 radical (unpaired) electrons. The normalized spacial score (nSPS) is 19.3. The Hall–Kier alpha value is -1.35. The number of ether oxygens (including phenoxy) is 1. The number of allylic oxidation sites excluding steroid dienone is 1. The molecule has 1 atom stereocenters. The van der Waals surface area contributed by atoms with E-state index in [-0.39, 0.29) is 11.9 Å². The van der Waals surface area contributed by atoms with Crippen LogP contribution in [0.15, 0.2) is 30.4 Å². The van der Waals surface area contributed by atoms with Crippen LogP contribution < -0.4 is 10.1 Å². The minimum Gasteiger partial charge on any atom is -0.483 e. The van der Waals surface area contributed by atoms with Gasteiger partial charge in [0.2, 0.25) is 0 Å². The van der Waals surface area contributed by atoms with Crippen LogP contribution in [-0.4, -0.2) is 13.2 Å². The van der Waals surface area contributed by atoms with Crippen LogP contribution in [0.25, 0.3) is 0 Å². The van der Waals surface area contributed by atoms with E-state index in [2.05, 4.69) is 11.4 Å². The maximum absolute atomic E-state index is 13.8. The van der Waals surface area contributed by atoms with Crippen molar-refractivity contribution in [3.63, 3.8) is 0 Å². The Morgan fingerprint density at radius 3 is 3.06 bits per heavy atom. The molecule has 0 saturated heterocycles. The molecule has 2 rings (SSSR count). The molecule has 0 heterocycles. The van der Waals surface area contributed by atoms with Crippen LogP contribution in [0, 0.1) is 5.82 Å². The van der Waals surface area contributed by atoms with Gasteiger partial charge >= 0.3 is 0 Å². The molecule has 1 aromatic carbocycles. The summed E-state index contributed by atoms with van der Waals surface area (Å²) in [5.74, 6) is 0.107. The van der Waals surface area contributed by atoms with Gasteiger partial charge in [-0.1, -0.05) is 18.2 Å². The topological polar surface area (TPSA) is 21.3 Å². The molecule has 1 aromatic rings. The van der Waals surface area contributed by atoms with Crippen LogP contribution in [-0.2, 0) is 6.54 Å². The molecule has 0 fully saturated rings. The molecule has 3 heteroatoms. The van der Waals surface area contributed by atoms with E-state index in [0.717, 1.165) is 24.8 Å². The fraction of sp³-hybridized carbons (Fsp3) is 0.429. The predicted molar refractivity (Wildman–Crippen MR) is 66.6 cm³/mol. The number of nitrogens with one attached hydrogen (secondary N) is 1. The van der Waals surface area contributed by atoms with Gasteiger partial charge in [0.05, 0.1) is 0 Å². The van der Waals surface area contributed by atoms with Crippen molar-refractivity contribution in [1.29, 1.82) is 0 Å². The summed E-state index contributed by atoms with van der Waals surface area (Å²) in [5, 5.41) is 3.02. The lowest BCUT2D eigenvalue weighted by Gasteiger charge is -2.20. The summed E-state index contributed by atoms with van der Waals surface area (Å²) >= 11 is 0. The van der Waals surface area contributed by atoms with Crippen molar-refractivity contribution >= 4 is 0 Å². The van der Waals surface area contributed by atoms with Crippen molar-refractivity contribution < 1.29 is 9.13 Å². The number of rotatable bonds is 4. The maximum atomic E-state index is 13.8. The zero-order valence-electron chi connectivity index (χ0n) is 10.1. The Bertz CT molecular complexity index is 403. The van der Waals surface area contributed by atoms with Crippen molar-refractivity contribution in [3.8, 4) is 5.75 Å². The first-order valence-corrected chi connectivity index (χ1v) is 6.06. The van der Waals surface area contributed by atoms with Crippen molar-refractivity contribution in [2.45, 2.75) is 31.9 Å². The molecule has 0 aliphatic heterocycles. The molecule has 17 heavy (non-hydrogen) atoms. The average molecular weight is 235 g/mol. The van der Waals surface area contributed by atoms with Gasteiger partial charge in [-0.3, -0.25) is 0 Å². The largest absolute Gasteiger partial charge is 0.483 e.